The maximum atomic E-state index is 12.9. The summed E-state index contributed by atoms with van der Waals surface area (Å²) in [6.07, 6.45) is 1.43. The first-order chi connectivity index (χ1) is 8.06. The van der Waals surface area contributed by atoms with Crippen molar-refractivity contribution in [1.29, 1.82) is 0 Å². The highest BCUT2D eigenvalue weighted by molar-refractivity contribution is 9.10. The minimum absolute atomic E-state index is 0.216. The molecule has 2 rings (SSSR count). The molecular weight excluding hydrogens is 310 g/mol. The molecule has 3 nitrogen and oxygen atoms in total. The molecule has 0 spiro atoms. The second-order valence-electron chi connectivity index (χ2n) is 3.23. The van der Waals surface area contributed by atoms with Crippen molar-refractivity contribution in [3.05, 3.63) is 45.8 Å². The molecule has 0 radical (unpaired) electrons. The third-order valence-corrected chi connectivity index (χ3v) is 2.82. The molecule has 0 aliphatic carbocycles. The Morgan fingerprint density at radius 3 is 2.76 bits per heavy atom. The number of anilines is 1. The number of nitrogens with zero attached hydrogens (tertiary/aromatic N) is 1. The van der Waals surface area contributed by atoms with Crippen molar-refractivity contribution >= 4 is 33.2 Å². The van der Waals surface area contributed by atoms with Crippen molar-refractivity contribution in [3.63, 3.8) is 0 Å². The van der Waals surface area contributed by atoms with E-state index in [0.717, 1.165) is 0 Å². The van der Waals surface area contributed by atoms with Crippen LogP contribution in [0.4, 0.5) is 10.1 Å². The van der Waals surface area contributed by atoms with E-state index in [0.29, 0.717) is 20.9 Å². The number of aromatic nitrogens is 1. The van der Waals surface area contributed by atoms with E-state index < -0.39 is 0 Å². The molecule has 0 amide bonds. The van der Waals surface area contributed by atoms with Crippen molar-refractivity contribution in [2.75, 3.05) is 5.73 Å². The maximum Gasteiger partial charge on any atom is 0.238 e. The average molecular weight is 318 g/mol. The number of rotatable bonds is 2. The lowest BCUT2D eigenvalue weighted by Crippen LogP contribution is -1.93. The fraction of sp³-hybridized carbons (Fsp3) is 0. The van der Waals surface area contributed by atoms with E-state index in [9.17, 15) is 4.39 Å². The van der Waals surface area contributed by atoms with Crippen molar-refractivity contribution in [3.8, 4) is 11.6 Å². The van der Waals surface area contributed by atoms with Crippen LogP contribution in [0.2, 0.25) is 5.02 Å². The Bertz CT molecular complexity index is 516. The van der Waals surface area contributed by atoms with E-state index in [1.165, 1.54) is 30.5 Å². The van der Waals surface area contributed by atoms with Crippen LogP contribution < -0.4 is 10.5 Å². The van der Waals surface area contributed by atoms with Gasteiger partial charge in [-0.2, -0.15) is 0 Å². The van der Waals surface area contributed by atoms with Gasteiger partial charge in [-0.15, -0.1) is 0 Å². The zero-order valence-electron chi connectivity index (χ0n) is 8.45. The summed E-state index contributed by atoms with van der Waals surface area (Å²) in [4.78, 5) is 3.94. The van der Waals surface area contributed by atoms with Gasteiger partial charge in [-0.05, 0) is 40.2 Å². The molecular formula is C11H7BrClFN2O. The van der Waals surface area contributed by atoms with Gasteiger partial charge in [0.25, 0.3) is 0 Å². The van der Waals surface area contributed by atoms with Crippen LogP contribution in [-0.2, 0) is 0 Å². The Hall–Kier alpha value is -1.33. The molecule has 88 valence electrons. The fourth-order valence-electron chi connectivity index (χ4n) is 1.18. The minimum atomic E-state index is -0.361. The first-order valence-electron chi connectivity index (χ1n) is 4.60. The molecule has 0 aliphatic heterocycles. The quantitative estimate of drug-likeness (QED) is 0.910. The van der Waals surface area contributed by atoms with E-state index in [4.69, 9.17) is 22.1 Å². The first-order valence-corrected chi connectivity index (χ1v) is 5.77. The molecule has 0 saturated carbocycles. The molecule has 2 aromatic rings. The molecule has 0 fully saturated rings. The fourth-order valence-corrected chi connectivity index (χ4v) is 1.82. The van der Waals surface area contributed by atoms with Crippen LogP contribution in [0.5, 0.6) is 11.6 Å². The molecule has 2 N–H and O–H groups in total. The maximum absolute atomic E-state index is 12.9. The number of benzene rings is 1. The van der Waals surface area contributed by atoms with Crippen LogP contribution in [0.15, 0.2) is 34.9 Å². The van der Waals surface area contributed by atoms with Crippen LogP contribution in [0, 0.1) is 5.82 Å². The number of ether oxygens (including phenoxy) is 1. The summed E-state index contributed by atoms with van der Waals surface area (Å²) in [7, 11) is 0. The van der Waals surface area contributed by atoms with Gasteiger partial charge in [0.1, 0.15) is 16.6 Å². The van der Waals surface area contributed by atoms with E-state index in [-0.39, 0.29) is 11.7 Å². The van der Waals surface area contributed by atoms with Gasteiger partial charge in [0.05, 0.1) is 16.4 Å². The van der Waals surface area contributed by atoms with Gasteiger partial charge in [-0.1, -0.05) is 11.6 Å². The number of pyridine rings is 1. The van der Waals surface area contributed by atoms with Crippen molar-refractivity contribution in [2.24, 2.45) is 0 Å². The second-order valence-corrected chi connectivity index (χ2v) is 4.49. The van der Waals surface area contributed by atoms with Crippen LogP contribution in [0.3, 0.4) is 0 Å². The molecule has 0 unspecified atom stereocenters. The molecule has 1 aromatic carbocycles. The van der Waals surface area contributed by atoms with E-state index in [2.05, 4.69) is 20.9 Å². The molecule has 0 bridgehead atoms. The highest BCUT2D eigenvalue weighted by Gasteiger charge is 2.08. The van der Waals surface area contributed by atoms with E-state index in [1.54, 1.807) is 0 Å². The highest BCUT2D eigenvalue weighted by atomic mass is 79.9. The molecule has 0 aliphatic rings. The lowest BCUT2D eigenvalue weighted by molar-refractivity contribution is 0.458. The highest BCUT2D eigenvalue weighted by Crippen LogP contribution is 2.33. The van der Waals surface area contributed by atoms with Crippen LogP contribution >= 0.6 is 27.5 Å². The summed E-state index contributed by atoms with van der Waals surface area (Å²) >= 11 is 9.09. The predicted octanol–water partition coefficient (Wildman–Crippen LogP) is 4.01. The van der Waals surface area contributed by atoms with Crippen molar-refractivity contribution in [2.45, 2.75) is 0 Å². The van der Waals surface area contributed by atoms with Gasteiger partial charge in [-0.3, -0.25) is 0 Å². The molecule has 6 heteroatoms. The molecule has 0 saturated heterocycles. The van der Waals surface area contributed by atoms with Crippen LogP contribution in [0.25, 0.3) is 0 Å². The van der Waals surface area contributed by atoms with Gasteiger partial charge in [0.2, 0.25) is 5.88 Å². The van der Waals surface area contributed by atoms with Crippen molar-refractivity contribution < 1.29 is 9.13 Å². The SMILES string of the molecule is Nc1cnc(Oc2ccc(F)cc2Br)c(Cl)c1. The van der Waals surface area contributed by atoms with Gasteiger partial charge in [0, 0.05) is 0 Å². The summed E-state index contributed by atoms with van der Waals surface area (Å²) in [6.45, 7) is 0. The normalized spacial score (nSPS) is 10.3. The van der Waals surface area contributed by atoms with Crippen molar-refractivity contribution in [1.82, 2.24) is 4.98 Å². The van der Waals surface area contributed by atoms with Gasteiger partial charge >= 0.3 is 0 Å². The number of nitrogens with two attached hydrogens (primary N) is 1. The minimum Gasteiger partial charge on any atom is -0.436 e. The standard InChI is InChI=1S/C11H7BrClFN2O/c12-8-3-6(14)1-2-10(8)17-11-9(13)4-7(15)5-16-11/h1-5H,15H2. The Morgan fingerprint density at radius 1 is 1.35 bits per heavy atom. The lowest BCUT2D eigenvalue weighted by atomic mass is 10.3. The van der Waals surface area contributed by atoms with Crippen LogP contribution in [0.1, 0.15) is 0 Å². The summed E-state index contributed by atoms with van der Waals surface area (Å²) in [5, 5.41) is 0.293. The van der Waals surface area contributed by atoms with Crippen LogP contribution in [-0.4, -0.2) is 4.98 Å². The third kappa shape index (κ3) is 2.87. The van der Waals surface area contributed by atoms with E-state index in [1.807, 2.05) is 0 Å². The molecule has 1 heterocycles. The molecule has 1 aromatic heterocycles. The Balaban J connectivity index is 2.31. The lowest BCUT2D eigenvalue weighted by Gasteiger charge is -2.08. The topological polar surface area (TPSA) is 48.1 Å². The zero-order chi connectivity index (χ0) is 12.4. The Kier molecular flexibility index (Phi) is 3.49. The smallest absolute Gasteiger partial charge is 0.238 e. The number of halogens is 3. The summed E-state index contributed by atoms with van der Waals surface area (Å²) in [5.41, 5.74) is 5.95. The monoisotopic (exact) mass is 316 g/mol. The largest absolute Gasteiger partial charge is 0.436 e. The molecule has 0 atom stereocenters. The summed E-state index contributed by atoms with van der Waals surface area (Å²) in [6, 6.07) is 5.58. The van der Waals surface area contributed by atoms with Gasteiger partial charge < -0.3 is 10.5 Å². The number of hydrogen-bond acceptors (Lipinski definition) is 3. The predicted molar refractivity (Wildman–Crippen MR) is 67.8 cm³/mol. The first kappa shape index (κ1) is 12.1. The second kappa shape index (κ2) is 4.89. The van der Waals surface area contributed by atoms with Gasteiger partial charge in [-0.25, -0.2) is 9.37 Å². The Labute approximate surface area is 110 Å². The number of nitrogen functional groups attached to an aromatic ring is 1. The van der Waals surface area contributed by atoms with Gasteiger partial charge in [0.15, 0.2) is 0 Å². The summed E-state index contributed by atoms with van der Waals surface area (Å²) < 4.78 is 18.8. The number of hydrogen-bond donors (Lipinski definition) is 1. The third-order valence-electron chi connectivity index (χ3n) is 1.93. The molecule has 17 heavy (non-hydrogen) atoms. The average Bonchev–Trinajstić information content (AvgIpc) is 2.25. The van der Waals surface area contributed by atoms with E-state index >= 15 is 0 Å². The Morgan fingerprint density at radius 2 is 2.12 bits per heavy atom. The zero-order valence-corrected chi connectivity index (χ0v) is 10.8. The summed E-state index contributed by atoms with van der Waals surface area (Å²) in [5.74, 6) is 0.277.